The molecule has 1 N–H and O–H groups in total. The van der Waals surface area contributed by atoms with Gasteiger partial charge < -0.3 is 14.8 Å². The van der Waals surface area contributed by atoms with E-state index >= 15 is 0 Å². The third-order valence-electron chi connectivity index (χ3n) is 7.82. The lowest BCUT2D eigenvalue weighted by Gasteiger charge is -2.33. The summed E-state index contributed by atoms with van der Waals surface area (Å²) in [5, 5.41) is 3.04. The van der Waals surface area contributed by atoms with Gasteiger partial charge in [-0.05, 0) is 51.7 Å². The number of carbonyl (C=O) groups excluding carboxylic acids is 2. The fourth-order valence-electron chi connectivity index (χ4n) is 5.85. The third-order valence-corrected chi connectivity index (χ3v) is 7.82. The molecule has 1 spiro atoms. The summed E-state index contributed by atoms with van der Waals surface area (Å²) in [7, 11) is 0. The molecule has 1 aromatic carbocycles. The highest BCUT2D eigenvalue weighted by atomic mass is 16.2. The van der Waals surface area contributed by atoms with E-state index in [9.17, 15) is 9.59 Å². The van der Waals surface area contributed by atoms with E-state index in [4.69, 9.17) is 4.98 Å². The number of imidazole rings is 1. The number of hydrogen-bond donors (Lipinski definition) is 1. The maximum Gasteiger partial charge on any atom is 0.255 e. The number of carbonyl (C=O) groups is 2. The summed E-state index contributed by atoms with van der Waals surface area (Å²) < 4.78 is 2.03. The molecule has 1 saturated carbocycles. The normalized spacial score (nSPS) is 20.6. The van der Waals surface area contributed by atoms with Crippen LogP contribution in [0.5, 0.6) is 0 Å². The quantitative estimate of drug-likeness (QED) is 0.461. The van der Waals surface area contributed by atoms with Gasteiger partial charge in [0.15, 0.2) is 5.65 Å². The molecule has 10 nitrogen and oxygen atoms in total. The van der Waals surface area contributed by atoms with Gasteiger partial charge in [-0.1, -0.05) is 6.07 Å². The Kier molecular flexibility index (Phi) is 4.70. The number of nitrogens with zero attached hydrogens (tertiary/aromatic N) is 7. The van der Waals surface area contributed by atoms with Crippen LogP contribution in [0.3, 0.4) is 0 Å². The Morgan fingerprint density at radius 3 is 2.70 bits per heavy atom. The van der Waals surface area contributed by atoms with Crippen LogP contribution in [0.4, 0.5) is 5.69 Å². The Morgan fingerprint density at radius 1 is 1.14 bits per heavy atom. The number of hydrogen-bond acceptors (Lipinski definition) is 7. The summed E-state index contributed by atoms with van der Waals surface area (Å²) in [5.74, 6) is 1.46. The van der Waals surface area contributed by atoms with Crippen LogP contribution < -0.4 is 5.32 Å². The zero-order valence-corrected chi connectivity index (χ0v) is 20.7. The molecule has 7 rings (SSSR count). The largest absolute Gasteiger partial charge is 0.324 e. The number of fused-ring (bicyclic) bond motifs is 3. The summed E-state index contributed by atoms with van der Waals surface area (Å²) in [5.41, 5.74) is 4.36. The predicted octanol–water partition coefficient (Wildman–Crippen LogP) is 3.46. The minimum absolute atomic E-state index is 0.0543. The first-order valence-corrected chi connectivity index (χ1v) is 12.8. The van der Waals surface area contributed by atoms with E-state index < -0.39 is 5.54 Å². The molecule has 3 aromatic heterocycles. The van der Waals surface area contributed by atoms with Gasteiger partial charge in [0, 0.05) is 48.2 Å². The lowest BCUT2D eigenvalue weighted by atomic mass is 9.86. The van der Waals surface area contributed by atoms with Gasteiger partial charge in [0.05, 0.1) is 5.56 Å². The van der Waals surface area contributed by atoms with Crippen molar-refractivity contribution < 1.29 is 9.59 Å². The SMILES string of the molecule is CCn1c(-c2cnc(C)nc2)nc2c(-c3ccc4c(c3)[C@]3(CCCN3C(=O)C3CC3)C(=O)N4)ncnc21. The van der Waals surface area contributed by atoms with E-state index in [1.165, 1.54) is 0 Å². The first-order chi connectivity index (χ1) is 18.0. The van der Waals surface area contributed by atoms with Crippen LogP contribution >= 0.6 is 0 Å². The topological polar surface area (TPSA) is 119 Å². The summed E-state index contributed by atoms with van der Waals surface area (Å²) in [6.07, 6.45) is 8.33. The average Bonchev–Trinajstić information content (AvgIpc) is 3.46. The van der Waals surface area contributed by atoms with Crippen molar-refractivity contribution in [2.45, 2.75) is 51.6 Å². The van der Waals surface area contributed by atoms with Crippen LogP contribution in [0.25, 0.3) is 33.8 Å². The number of aromatic nitrogens is 6. The van der Waals surface area contributed by atoms with E-state index in [2.05, 4.69) is 25.3 Å². The van der Waals surface area contributed by atoms with E-state index in [-0.39, 0.29) is 17.7 Å². The van der Waals surface area contributed by atoms with Crippen LogP contribution in [0, 0.1) is 12.8 Å². The molecule has 3 aliphatic rings. The molecule has 1 atom stereocenters. The Hall–Kier alpha value is -4.21. The van der Waals surface area contributed by atoms with Crippen molar-refractivity contribution in [1.29, 1.82) is 0 Å². The molecular formula is C27H26N8O2. The predicted molar refractivity (Wildman–Crippen MR) is 136 cm³/mol. The minimum Gasteiger partial charge on any atom is -0.324 e. The smallest absolute Gasteiger partial charge is 0.255 e. The van der Waals surface area contributed by atoms with E-state index in [0.717, 1.165) is 53.1 Å². The van der Waals surface area contributed by atoms with Crippen molar-refractivity contribution in [1.82, 2.24) is 34.4 Å². The van der Waals surface area contributed by atoms with E-state index in [1.54, 1.807) is 18.7 Å². The van der Waals surface area contributed by atoms with Crippen molar-refractivity contribution in [3.8, 4) is 22.6 Å². The molecule has 186 valence electrons. The van der Waals surface area contributed by atoms with Gasteiger partial charge >= 0.3 is 0 Å². The molecular weight excluding hydrogens is 468 g/mol. The third kappa shape index (κ3) is 3.14. The van der Waals surface area contributed by atoms with Gasteiger partial charge in [-0.2, -0.15) is 0 Å². The maximum atomic E-state index is 13.4. The Morgan fingerprint density at radius 2 is 1.95 bits per heavy atom. The Labute approximate surface area is 213 Å². The summed E-state index contributed by atoms with van der Waals surface area (Å²) in [6, 6.07) is 5.86. The Balaban J connectivity index is 1.38. The second kappa shape index (κ2) is 7.89. The molecule has 2 fully saturated rings. The minimum atomic E-state index is -0.954. The van der Waals surface area contributed by atoms with Gasteiger partial charge in [0.1, 0.15) is 34.7 Å². The molecule has 37 heavy (non-hydrogen) atoms. The standard InChI is InChI=1S/C27H26N8O2/c1-3-34-23(18-12-28-15(2)29-13-18)33-22-21(30-14-31-24(22)34)17-7-8-20-19(11-17)27(26(37)32-20)9-4-10-35(27)25(36)16-5-6-16/h7-8,11-14,16H,3-6,9-10H2,1-2H3,(H,32,37)/t27-/m1/s1. The zero-order chi connectivity index (χ0) is 25.3. The first-order valence-electron chi connectivity index (χ1n) is 12.8. The first kappa shape index (κ1) is 22.0. The second-order valence-corrected chi connectivity index (χ2v) is 10.0. The molecule has 10 heteroatoms. The number of anilines is 1. The van der Waals surface area contributed by atoms with Crippen molar-refractivity contribution >= 4 is 28.7 Å². The Bertz CT molecular complexity index is 1590. The highest BCUT2D eigenvalue weighted by Crippen LogP contribution is 2.50. The lowest BCUT2D eigenvalue weighted by molar-refractivity contribution is -0.143. The van der Waals surface area contributed by atoms with Crippen molar-refractivity contribution in [2.75, 3.05) is 11.9 Å². The number of nitrogens with one attached hydrogen (secondary N) is 1. The average molecular weight is 495 g/mol. The molecule has 2 aliphatic heterocycles. The van der Waals surface area contributed by atoms with Gasteiger partial charge in [0.25, 0.3) is 5.91 Å². The fraction of sp³-hybridized carbons (Fsp3) is 0.370. The second-order valence-electron chi connectivity index (χ2n) is 10.0. The highest BCUT2D eigenvalue weighted by Gasteiger charge is 2.57. The monoisotopic (exact) mass is 494 g/mol. The summed E-state index contributed by atoms with van der Waals surface area (Å²) >= 11 is 0. The van der Waals surface area contributed by atoms with Crippen LogP contribution in [0.1, 0.15) is 44.0 Å². The molecule has 0 radical (unpaired) electrons. The number of amides is 2. The zero-order valence-electron chi connectivity index (χ0n) is 20.7. The molecule has 1 aliphatic carbocycles. The molecule has 1 saturated heterocycles. The van der Waals surface area contributed by atoms with Gasteiger partial charge in [-0.15, -0.1) is 0 Å². The van der Waals surface area contributed by atoms with E-state index in [0.29, 0.717) is 36.5 Å². The number of likely N-dealkylation sites (tertiary alicyclic amines) is 1. The number of aryl methyl sites for hydroxylation is 2. The molecule has 4 aromatic rings. The van der Waals surface area contributed by atoms with Crippen LogP contribution in [0.15, 0.2) is 36.9 Å². The van der Waals surface area contributed by atoms with E-state index in [1.807, 2.05) is 41.5 Å². The van der Waals surface area contributed by atoms with Crippen molar-refractivity contribution in [2.24, 2.45) is 5.92 Å². The van der Waals surface area contributed by atoms with Crippen molar-refractivity contribution in [3.05, 3.63) is 48.3 Å². The molecule has 5 heterocycles. The van der Waals surface area contributed by atoms with Crippen LogP contribution in [0.2, 0.25) is 0 Å². The number of rotatable bonds is 4. The summed E-state index contributed by atoms with van der Waals surface area (Å²) in [6.45, 7) is 5.16. The molecule has 0 bridgehead atoms. The van der Waals surface area contributed by atoms with Crippen molar-refractivity contribution in [3.63, 3.8) is 0 Å². The molecule has 2 amide bonds. The maximum absolute atomic E-state index is 13.4. The van der Waals surface area contributed by atoms with Gasteiger partial charge in [-0.25, -0.2) is 24.9 Å². The van der Waals surface area contributed by atoms with Gasteiger partial charge in [0.2, 0.25) is 5.91 Å². The summed E-state index contributed by atoms with van der Waals surface area (Å²) in [4.78, 5) is 51.2. The van der Waals surface area contributed by atoms with Gasteiger partial charge in [-0.3, -0.25) is 9.59 Å². The lowest BCUT2D eigenvalue weighted by Crippen LogP contribution is -2.50. The highest BCUT2D eigenvalue weighted by molar-refractivity contribution is 6.09. The van der Waals surface area contributed by atoms with Crippen LogP contribution in [-0.4, -0.2) is 52.7 Å². The molecule has 0 unspecified atom stereocenters. The number of benzene rings is 1. The van der Waals surface area contributed by atoms with Crippen LogP contribution in [-0.2, 0) is 21.7 Å². The fourth-order valence-corrected chi connectivity index (χ4v) is 5.85.